The molecule has 4 aliphatic rings. The fourth-order valence-electron chi connectivity index (χ4n) is 5.08. The van der Waals surface area contributed by atoms with Crippen LogP contribution in [-0.2, 0) is 10.0 Å². The van der Waals surface area contributed by atoms with Gasteiger partial charge in [-0.2, -0.15) is 0 Å². The van der Waals surface area contributed by atoms with Crippen molar-refractivity contribution in [3.8, 4) is 0 Å². The van der Waals surface area contributed by atoms with E-state index >= 15 is 0 Å². The second-order valence-corrected chi connectivity index (χ2v) is 8.90. The summed E-state index contributed by atoms with van der Waals surface area (Å²) in [6, 6.07) is 0.314. The van der Waals surface area contributed by atoms with Crippen molar-refractivity contribution in [3.63, 3.8) is 0 Å². The zero-order valence-corrected chi connectivity index (χ0v) is 12.3. The van der Waals surface area contributed by atoms with E-state index in [0.29, 0.717) is 23.6 Å². The van der Waals surface area contributed by atoms with Gasteiger partial charge in [0.1, 0.15) is 0 Å². The molecule has 3 nitrogen and oxygen atoms in total. The van der Waals surface area contributed by atoms with Crippen molar-refractivity contribution in [3.05, 3.63) is 0 Å². The van der Waals surface area contributed by atoms with E-state index in [1.54, 1.807) is 4.31 Å². The van der Waals surface area contributed by atoms with E-state index in [1.165, 1.54) is 32.1 Å². The third kappa shape index (κ3) is 2.01. The topological polar surface area (TPSA) is 37.4 Å². The van der Waals surface area contributed by atoms with E-state index in [1.807, 2.05) is 14.0 Å². The highest BCUT2D eigenvalue weighted by molar-refractivity contribution is 7.89. The van der Waals surface area contributed by atoms with Crippen molar-refractivity contribution in [1.82, 2.24) is 4.31 Å². The summed E-state index contributed by atoms with van der Waals surface area (Å²) in [6.45, 7) is 1.95. The molecule has 0 aromatic carbocycles. The first kappa shape index (κ1) is 12.9. The zero-order valence-electron chi connectivity index (χ0n) is 11.5. The Morgan fingerprint density at radius 2 is 1.50 bits per heavy atom. The van der Waals surface area contributed by atoms with Crippen LogP contribution in [0, 0.1) is 23.7 Å². The molecular weight excluding hydrogens is 246 g/mol. The fourth-order valence-corrected chi connectivity index (χ4v) is 6.60. The van der Waals surface area contributed by atoms with Crippen LogP contribution in [0.1, 0.15) is 45.4 Å². The van der Waals surface area contributed by atoms with Crippen LogP contribution in [-0.4, -0.2) is 31.6 Å². The maximum atomic E-state index is 12.3. The minimum atomic E-state index is -3.02. The standard InChI is InChI=1S/C14H25NO2S/c1-3-4-18(16,17)15(2)14-12-6-10-5-11(8-12)9-13(14)7-10/h10-14H,3-9H2,1-2H3. The Hall–Kier alpha value is -0.0900. The number of hydrogen-bond acceptors (Lipinski definition) is 2. The summed E-state index contributed by atoms with van der Waals surface area (Å²) in [5.74, 6) is 3.43. The fraction of sp³-hybridized carbons (Fsp3) is 1.00. The van der Waals surface area contributed by atoms with Crippen molar-refractivity contribution in [2.24, 2.45) is 23.7 Å². The predicted molar refractivity (Wildman–Crippen MR) is 72.7 cm³/mol. The Kier molecular flexibility index (Phi) is 3.22. The third-order valence-corrected chi connectivity index (χ3v) is 7.54. The number of hydrogen-bond donors (Lipinski definition) is 0. The molecule has 4 fully saturated rings. The second-order valence-electron chi connectivity index (χ2n) is 6.75. The van der Waals surface area contributed by atoms with Crippen LogP contribution in [0.15, 0.2) is 0 Å². The summed E-state index contributed by atoms with van der Waals surface area (Å²) in [5.41, 5.74) is 0. The smallest absolute Gasteiger partial charge is 0.212 e. The van der Waals surface area contributed by atoms with Gasteiger partial charge in [-0.25, -0.2) is 12.7 Å². The molecule has 0 heterocycles. The van der Waals surface area contributed by atoms with E-state index in [2.05, 4.69) is 0 Å². The molecule has 0 aromatic heterocycles. The maximum Gasteiger partial charge on any atom is 0.214 e. The molecule has 0 spiro atoms. The van der Waals surface area contributed by atoms with Gasteiger partial charge in [0.25, 0.3) is 0 Å². The Morgan fingerprint density at radius 1 is 1.00 bits per heavy atom. The van der Waals surface area contributed by atoms with Crippen molar-refractivity contribution >= 4 is 10.0 Å². The molecule has 4 aliphatic carbocycles. The van der Waals surface area contributed by atoms with Gasteiger partial charge in [-0.3, -0.25) is 0 Å². The van der Waals surface area contributed by atoms with E-state index in [-0.39, 0.29) is 0 Å². The third-order valence-electron chi connectivity index (χ3n) is 5.50. The van der Waals surface area contributed by atoms with Gasteiger partial charge in [-0.05, 0) is 62.2 Å². The van der Waals surface area contributed by atoms with Crippen LogP contribution in [0.4, 0.5) is 0 Å². The summed E-state index contributed by atoms with van der Waals surface area (Å²) < 4.78 is 26.3. The van der Waals surface area contributed by atoms with Gasteiger partial charge in [-0.1, -0.05) is 6.92 Å². The molecular formula is C14H25NO2S. The number of sulfonamides is 1. The first-order valence-electron chi connectivity index (χ1n) is 7.47. The Morgan fingerprint density at radius 3 is 1.94 bits per heavy atom. The molecule has 0 N–H and O–H groups in total. The maximum absolute atomic E-state index is 12.3. The lowest BCUT2D eigenvalue weighted by Gasteiger charge is -2.56. The molecule has 0 aliphatic heterocycles. The average molecular weight is 271 g/mol. The van der Waals surface area contributed by atoms with Gasteiger partial charge in [0.15, 0.2) is 0 Å². The predicted octanol–water partition coefficient (Wildman–Crippen LogP) is 2.48. The van der Waals surface area contributed by atoms with Crippen molar-refractivity contribution < 1.29 is 8.42 Å². The van der Waals surface area contributed by atoms with Crippen LogP contribution < -0.4 is 0 Å². The molecule has 0 radical (unpaired) electrons. The van der Waals surface area contributed by atoms with Gasteiger partial charge in [0.05, 0.1) is 5.75 Å². The van der Waals surface area contributed by atoms with Gasteiger partial charge < -0.3 is 0 Å². The monoisotopic (exact) mass is 271 g/mol. The molecule has 4 rings (SSSR count). The summed E-state index contributed by atoms with van der Waals surface area (Å²) in [6.07, 6.45) is 7.27. The van der Waals surface area contributed by atoms with E-state index < -0.39 is 10.0 Å². The Bertz CT molecular complexity index is 390. The minimum Gasteiger partial charge on any atom is -0.212 e. The second kappa shape index (κ2) is 4.48. The quantitative estimate of drug-likeness (QED) is 0.788. The van der Waals surface area contributed by atoms with Crippen molar-refractivity contribution in [2.45, 2.75) is 51.5 Å². The van der Waals surface area contributed by atoms with Gasteiger partial charge in [0.2, 0.25) is 10.0 Å². The molecule has 4 bridgehead atoms. The molecule has 104 valence electrons. The lowest BCUT2D eigenvalue weighted by Crippen LogP contribution is -2.56. The number of rotatable bonds is 4. The summed E-state index contributed by atoms with van der Waals surface area (Å²) in [7, 11) is -1.19. The highest BCUT2D eigenvalue weighted by atomic mass is 32.2. The van der Waals surface area contributed by atoms with Crippen molar-refractivity contribution in [1.29, 1.82) is 0 Å². The van der Waals surface area contributed by atoms with Crippen LogP contribution in [0.5, 0.6) is 0 Å². The minimum absolute atomic E-state index is 0.312. The SMILES string of the molecule is CCCS(=O)(=O)N(C)C1C2CC3CC(C2)CC1C3. The van der Waals surface area contributed by atoms with Crippen LogP contribution in [0.25, 0.3) is 0 Å². The largest absolute Gasteiger partial charge is 0.214 e. The zero-order chi connectivity index (χ0) is 12.9. The van der Waals surface area contributed by atoms with E-state index in [0.717, 1.165) is 18.3 Å². The van der Waals surface area contributed by atoms with Crippen LogP contribution in [0.2, 0.25) is 0 Å². The number of nitrogens with zero attached hydrogens (tertiary/aromatic N) is 1. The highest BCUT2D eigenvalue weighted by Crippen LogP contribution is 2.55. The molecule has 4 heteroatoms. The lowest BCUT2D eigenvalue weighted by atomic mass is 9.54. The summed E-state index contributed by atoms with van der Waals surface area (Å²) in [4.78, 5) is 0. The molecule has 4 saturated carbocycles. The Balaban J connectivity index is 1.80. The summed E-state index contributed by atoms with van der Waals surface area (Å²) in [5, 5.41) is 0. The van der Waals surface area contributed by atoms with E-state index in [9.17, 15) is 8.42 Å². The molecule has 0 amide bonds. The summed E-state index contributed by atoms with van der Waals surface area (Å²) >= 11 is 0. The first-order valence-corrected chi connectivity index (χ1v) is 9.08. The average Bonchev–Trinajstić information content (AvgIpc) is 2.27. The Labute approximate surface area is 111 Å². The molecule has 0 unspecified atom stereocenters. The highest BCUT2D eigenvalue weighted by Gasteiger charge is 2.51. The molecule has 0 saturated heterocycles. The van der Waals surface area contributed by atoms with Crippen LogP contribution in [0.3, 0.4) is 0 Å². The van der Waals surface area contributed by atoms with Gasteiger partial charge in [0, 0.05) is 13.1 Å². The van der Waals surface area contributed by atoms with Crippen molar-refractivity contribution in [2.75, 3.05) is 12.8 Å². The van der Waals surface area contributed by atoms with E-state index in [4.69, 9.17) is 0 Å². The van der Waals surface area contributed by atoms with Crippen LogP contribution >= 0.6 is 0 Å². The molecule has 18 heavy (non-hydrogen) atoms. The lowest BCUT2D eigenvalue weighted by molar-refractivity contribution is -0.0351. The normalized spacial score (nSPS) is 42.7. The van der Waals surface area contributed by atoms with Gasteiger partial charge >= 0.3 is 0 Å². The molecule has 0 atom stereocenters. The first-order chi connectivity index (χ1) is 8.51. The van der Waals surface area contributed by atoms with Gasteiger partial charge in [-0.15, -0.1) is 0 Å². The molecule has 0 aromatic rings.